The zero-order valence-corrected chi connectivity index (χ0v) is 5.36. The molecule has 2 N–H and O–H groups in total. The highest BCUT2D eigenvalue weighted by Gasteiger charge is 1.84. The van der Waals surface area contributed by atoms with E-state index >= 15 is 0 Å². The summed E-state index contributed by atoms with van der Waals surface area (Å²) in [6.45, 7) is 0. The number of nitrogen functional groups attached to an aromatic ring is 1. The molecular weight excluding hydrogens is 121 g/mol. The molecule has 0 bridgehead atoms. The number of nitrogens with two attached hydrogens (primary N) is 1. The lowest BCUT2D eigenvalue weighted by atomic mass is 10.7. The average Bonchev–Trinajstić information content (AvgIpc) is 1.64. The molecule has 1 unspecified atom stereocenters. The third-order valence-corrected chi connectivity index (χ3v) is 1.02. The summed E-state index contributed by atoms with van der Waals surface area (Å²) in [5.41, 5.74) is 6.04. The van der Waals surface area contributed by atoms with Crippen LogP contribution in [0.3, 0.4) is 0 Å². The molecule has 0 aliphatic rings. The first kappa shape index (κ1) is 5.45. The molecule has 0 amide bonds. The Kier molecular flexibility index (Phi) is 1.40. The van der Waals surface area contributed by atoms with Crippen LogP contribution in [-0.4, -0.2) is 9.97 Å². The van der Waals surface area contributed by atoms with E-state index in [2.05, 4.69) is 19.2 Å². The van der Waals surface area contributed by atoms with Crippen molar-refractivity contribution in [2.75, 3.05) is 5.73 Å². The van der Waals surface area contributed by atoms with Crippen molar-refractivity contribution >= 4 is 20.6 Å². The maximum absolute atomic E-state index is 5.22. The number of anilines is 1. The van der Waals surface area contributed by atoms with Crippen LogP contribution < -0.4 is 11.2 Å². The van der Waals surface area contributed by atoms with Gasteiger partial charge in [-0.2, -0.15) is 0 Å². The highest BCUT2D eigenvalue weighted by Crippen LogP contribution is 1.86. The van der Waals surface area contributed by atoms with Gasteiger partial charge in [0.1, 0.15) is 0 Å². The third-order valence-electron chi connectivity index (χ3n) is 0.696. The van der Waals surface area contributed by atoms with Crippen LogP contribution in [0.2, 0.25) is 0 Å². The van der Waals surface area contributed by atoms with E-state index in [1.165, 1.54) is 0 Å². The van der Waals surface area contributed by atoms with Crippen LogP contribution in [0.5, 0.6) is 0 Å². The molecule has 1 aromatic rings. The Morgan fingerprint density at radius 3 is 2.75 bits per heavy atom. The predicted octanol–water partition coefficient (Wildman–Crippen LogP) is -0.441. The quantitative estimate of drug-likeness (QED) is 0.480. The lowest BCUT2D eigenvalue weighted by Crippen LogP contribution is -2.02. The maximum Gasteiger partial charge on any atom is 0.220 e. The minimum absolute atomic E-state index is 0.317. The van der Waals surface area contributed by atoms with Gasteiger partial charge in [0.2, 0.25) is 5.95 Å². The van der Waals surface area contributed by atoms with Crippen molar-refractivity contribution in [2.45, 2.75) is 0 Å². The first-order chi connectivity index (χ1) is 3.79. The second kappa shape index (κ2) is 2.05. The number of hydrogen-bond acceptors (Lipinski definition) is 3. The highest BCUT2D eigenvalue weighted by atomic mass is 31.0. The van der Waals surface area contributed by atoms with Crippen LogP contribution in [0.4, 0.5) is 5.95 Å². The minimum atomic E-state index is 0.317. The van der Waals surface area contributed by atoms with Crippen molar-refractivity contribution in [1.29, 1.82) is 0 Å². The molecule has 1 aromatic heterocycles. The predicted molar refractivity (Wildman–Crippen MR) is 35.8 cm³/mol. The van der Waals surface area contributed by atoms with E-state index in [1.807, 2.05) is 0 Å². The molecule has 42 valence electrons. The van der Waals surface area contributed by atoms with E-state index in [-0.39, 0.29) is 0 Å². The first-order valence-electron chi connectivity index (χ1n) is 2.13. The fourth-order valence-corrected chi connectivity index (χ4v) is 0.607. The monoisotopic (exact) mass is 127 g/mol. The van der Waals surface area contributed by atoms with E-state index in [0.717, 1.165) is 5.44 Å². The highest BCUT2D eigenvalue weighted by molar-refractivity contribution is 7.26. The van der Waals surface area contributed by atoms with Gasteiger partial charge in [-0.05, 0) is 6.07 Å². The van der Waals surface area contributed by atoms with Crippen LogP contribution in [0.25, 0.3) is 0 Å². The average molecular weight is 127 g/mol. The summed E-state index contributed by atoms with van der Waals surface area (Å²) < 4.78 is 0. The lowest BCUT2D eigenvalue weighted by molar-refractivity contribution is 1.22. The molecule has 0 fully saturated rings. The summed E-state index contributed by atoms with van der Waals surface area (Å²) in [6.07, 6.45) is 1.62. The number of aromatic nitrogens is 2. The zero-order chi connectivity index (χ0) is 5.98. The molecule has 0 saturated carbocycles. The molecule has 0 saturated heterocycles. The molecular formula is C4H6N3P. The van der Waals surface area contributed by atoms with Gasteiger partial charge in [0.05, 0.1) is 5.44 Å². The van der Waals surface area contributed by atoms with Crippen molar-refractivity contribution in [3.05, 3.63) is 12.3 Å². The Morgan fingerprint density at radius 2 is 2.38 bits per heavy atom. The van der Waals surface area contributed by atoms with Gasteiger partial charge in [0.15, 0.2) is 0 Å². The Morgan fingerprint density at radius 1 is 1.62 bits per heavy atom. The summed E-state index contributed by atoms with van der Waals surface area (Å²) in [5.74, 6) is 0.317. The molecule has 8 heavy (non-hydrogen) atoms. The van der Waals surface area contributed by atoms with Crippen LogP contribution in [0.1, 0.15) is 0 Å². The number of rotatable bonds is 0. The second-order valence-electron chi connectivity index (χ2n) is 1.34. The zero-order valence-electron chi connectivity index (χ0n) is 4.20. The van der Waals surface area contributed by atoms with E-state index < -0.39 is 0 Å². The van der Waals surface area contributed by atoms with E-state index in [0.29, 0.717) is 5.95 Å². The fraction of sp³-hybridized carbons (Fsp3) is 0. The van der Waals surface area contributed by atoms with E-state index in [9.17, 15) is 0 Å². The molecule has 0 aliphatic carbocycles. The summed E-state index contributed by atoms with van der Waals surface area (Å²) >= 11 is 0. The van der Waals surface area contributed by atoms with Crippen molar-refractivity contribution in [3.63, 3.8) is 0 Å². The summed E-state index contributed by atoms with van der Waals surface area (Å²) in [6, 6.07) is 1.76. The van der Waals surface area contributed by atoms with Gasteiger partial charge in [0, 0.05) is 6.20 Å². The van der Waals surface area contributed by atoms with E-state index in [4.69, 9.17) is 5.73 Å². The molecule has 0 aromatic carbocycles. The van der Waals surface area contributed by atoms with Crippen LogP contribution in [0, 0.1) is 0 Å². The van der Waals surface area contributed by atoms with Gasteiger partial charge in [-0.3, -0.25) is 0 Å². The van der Waals surface area contributed by atoms with Crippen LogP contribution in [0.15, 0.2) is 12.3 Å². The smallest absolute Gasteiger partial charge is 0.220 e. The topological polar surface area (TPSA) is 51.8 Å². The molecule has 0 aliphatic heterocycles. The molecule has 1 heterocycles. The Hall–Kier alpha value is -0.690. The van der Waals surface area contributed by atoms with Crippen molar-refractivity contribution in [1.82, 2.24) is 9.97 Å². The Labute approximate surface area is 49.5 Å². The van der Waals surface area contributed by atoms with Crippen molar-refractivity contribution in [3.8, 4) is 0 Å². The van der Waals surface area contributed by atoms with Gasteiger partial charge in [-0.25, -0.2) is 9.97 Å². The number of nitrogens with zero attached hydrogens (tertiary/aromatic N) is 2. The molecule has 1 rings (SSSR count). The SMILES string of the molecule is Nc1nccc(P)n1. The summed E-state index contributed by atoms with van der Waals surface area (Å²) in [7, 11) is 2.43. The summed E-state index contributed by atoms with van der Waals surface area (Å²) in [5, 5.41) is 0. The largest absolute Gasteiger partial charge is 0.368 e. The van der Waals surface area contributed by atoms with Crippen molar-refractivity contribution in [2.24, 2.45) is 0 Å². The molecule has 0 spiro atoms. The summed E-state index contributed by atoms with van der Waals surface area (Å²) in [4.78, 5) is 7.50. The van der Waals surface area contributed by atoms with Gasteiger partial charge in [-0.1, -0.05) is 9.24 Å². The molecule has 1 atom stereocenters. The maximum atomic E-state index is 5.22. The van der Waals surface area contributed by atoms with Gasteiger partial charge in [0.25, 0.3) is 0 Å². The lowest BCUT2D eigenvalue weighted by Gasteiger charge is -1.89. The Balaban J connectivity index is 3.08. The number of hydrogen-bond donors (Lipinski definition) is 1. The third kappa shape index (κ3) is 1.14. The second-order valence-corrected chi connectivity index (χ2v) is 1.93. The van der Waals surface area contributed by atoms with Gasteiger partial charge < -0.3 is 5.73 Å². The first-order valence-corrected chi connectivity index (χ1v) is 2.71. The van der Waals surface area contributed by atoms with Gasteiger partial charge in [-0.15, -0.1) is 0 Å². The minimum Gasteiger partial charge on any atom is -0.368 e. The molecule has 0 radical (unpaired) electrons. The standard InChI is InChI=1S/C4H6N3P/c5-4-6-2-1-3(8)7-4/h1-2H,8H2,(H2,5,6,7). The van der Waals surface area contributed by atoms with Crippen LogP contribution in [-0.2, 0) is 0 Å². The van der Waals surface area contributed by atoms with Gasteiger partial charge >= 0.3 is 0 Å². The molecule has 4 heteroatoms. The Bertz CT molecular complexity index is 171. The molecule has 3 nitrogen and oxygen atoms in total. The van der Waals surface area contributed by atoms with Crippen molar-refractivity contribution < 1.29 is 0 Å². The fourth-order valence-electron chi connectivity index (χ4n) is 0.388. The normalized spacial score (nSPS) is 9.12. The van der Waals surface area contributed by atoms with Crippen LogP contribution >= 0.6 is 9.24 Å². The van der Waals surface area contributed by atoms with E-state index in [1.54, 1.807) is 12.3 Å².